The molecule has 9 heteroatoms. The molecule has 5 rings (SSSR count). The van der Waals surface area contributed by atoms with E-state index in [-0.39, 0.29) is 40.4 Å². The maximum atomic E-state index is 12.6. The maximum Gasteiger partial charge on any atom is 0.257 e. The van der Waals surface area contributed by atoms with Crippen LogP contribution in [0, 0.1) is 11.8 Å². The number of allylic oxidation sites excluding steroid dienone is 1. The van der Waals surface area contributed by atoms with Crippen molar-refractivity contribution in [3.05, 3.63) is 56.0 Å². The monoisotopic (exact) mass is 438 g/mol. The summed E-state index contributed by atoms with van der Waals surface area (Å²) in [4.78, 5) is 46.3. The highest BCUT2D eigenvalue weighted by Gasteiger charge is 2.39. The van der Waals surface area contributed by atoms with E-state index < -0.39 is 10.9 Å². The van der Waals surface area contributed by atoms with Gasteiger partial charge in [-0.05, 0) is 49.8 Å². The number of nitrogens with zero attached hydrogens (tertiary/aromatic N) is 2. The number of benzene rings is 1. The van der Waals surface area contributed by atoms with Crippen LogP contribution in [-0.2, 0) is 4.84 Å². The third-order valence-corrected chi connectivity index (χ3v) is 6.19. The number of anilines is 3. The number of hydrogen-bond donors (Lipinski definition) is 3. The van der Waals surface area contributed by atoms with Crippen molar-refractivity contribution < 1.29 is 14.7 Å². The number of para-hydroxylation sites is 1. The van der Waals surface area contributed by atoms with Gasteiger partial charge in [0.1, 0.15) is 23.3 Å². The Morgan fingerprint density at radius 2 is 1.94 bits per heavy atom. The molecule has 0 radical (unpaired) electrons. The van der Waals surface area contributed by atoms with Crippen molar-refractivity contribution in [3.8, 4) is 5.75 Å². The van der Waals surface area contributed by atoms with Crippen LogP contribution >= 0.6 is 0 Å². The number of phenolic OH excluding ortho intramolecular Hbond substituents is 1. The molecule has 1 unspecified atom stereocenters. The van der Waals surface area contributed by atoms with Crippen LogP contribution in [0.3, 0.4) is 0 Å². The molecule has 2 aromatic carbocycles. The number of hydroxylamine groups is 1. The van der Waals surface area contributed by atoms with Crippen molar-refractivity contribution in [2.45, 2.75) is 31.8 Å². The summed E-state index contributed by atoms with van der Waals surface area (Å²) in [6, 6.07) is 4.69. The molecule has 2 saturated carbocycles. The summed E-state index contributed by atoms with van der Waals surface area (Å²) in [7, 11) is 3.18. The zero-order valence-electron chi connectivity index (χ0n) is 18.1. The lowest BCUT2D eigenvalue weighted by Crippen LogP contribution is -2.50. The summed E-state index contributed by atoms with van der Waals surface area (Å²) in [5.74, 6) is 1.14. The quantitative estimate of drug-likeness (QED) is 0.423. The van der Waals surface area contributed by atoms with Crippen LogP contribution in [0.4, 0.5) is 17.1 Å². The fourth-order valence-electron chi connectivity index (χ4n) is 3.98. The second kappa shape index (κ2) is 7.67. The van der Waals surface area contributed by atoms with Crippen molar-refractivity contribution in [2.24, 2.45) is 11.8 Å². The third kappa shape index (κ3) is 3.62. The highest BCUT2D eigenvalue weighted by molar-refractivity contribution is 5.99. The van der Waals surface area contributed by atoms with Gasteiger partial charge in [0.2, 0.25) is 0 Å². The van der Waals surface area contributed by atoms with E-state index in [1.165, 1.54) is 11.0 Å². The lowest BCUT2D eigenvalue weighted by molar-refractivity contribution is 0.0824. The predicted molar refractivity (Wildman–Crippen MR) is 120 cm³/mol. The molecular weight excluding hydrogens is 412 g/mol. The number of aromatic hydroxyl groups is 1. The van der Waals surface area contributed by atoms with Crippen LogP contribution in [0.25, 0.3) is 0 Å². The largest absolute Gasteiger partial charge is 0.505 e. The van der Waals surface area contributed by atoms with Crippen molar-refractivity contribution in [1.82, 2.24) is 10.4 Å². The van der Waals surface area contributed by atoms with Gasteiger partial charge in [0, 0.05) is 26.6 Å². The highest BCUT2D eigenvalue weighted by atomic mass is 16.7. The molecule has 3 N–H and O–H groups in total. The van der Waals surface area contributed by atoms with Gasteiger partial charge in [-0.2, -0.15) is 0 Å². The molecule has 1 aliphatic heterocycles. The fraction of sp³-hybridized carbons (Fsp3) is 0.435. The Kier molecular flexibility index (Phi) is 4.93. The normalized spacial score (nSPS) is 20.1. The molecule has 1 atom stereocenters. The molecule has 1 amide bonds. The van der Waals surface area contributed by atoms with Crippen molar-refractivity contribution in [1.29, 1.82) is 0 Å². The number of carbonyl (C=O) groups excluding carboxylic acids is 1. The molecule has 2 aromatic rings. The van der Waals surface area contributed by atoms with Crippen LogP contribution in [0.2, 0.25) is 0 Å². The van der Waals surface area contributed by atoms with Crippen molar-refractivity contribution in [2.75, 3.05) is 30.9 Å². The van der Waals surface area contributed by atoms with Gasteiger partial charge < -0.3 is 25.1 Å². The Balaban J connectivity index is 1.46. The summed E-state index contributed by atoms with van der Waals surface area (Å²) in [6.45, 7) is 0.625. The molecular formula is C23H26N4O5. The Bertz CT molecular complexity index is 1170. The number of hydrogen-bond acceptors (Lipinski definition) is 8. The van der Waals surface area contributed by atoms with Crippen LogP contribution in [-0.4, -0.2) is 42.7 Å². The molecule has 0 bridgehead atoms. The first-order chi connectivity index (χ1) is 15.3. The van der Waals surface area contributed by atoms with Gasteiger partial charge in [-0.25, -0.2) is 0 Å². The van der Waals surface area contributed by atoms with Crippen LogP contribution in [0.1, 0.15) is 36.0 Å². The van der Waals surface area contributed by atoms with E-state index in [2.05, 4.69) is 10.8 Å². The molecule has 0 saturated heterocycles. The molecule has 0 spiro atoms. The number of rotatable bonds is 8. The van der Waals surface area contributed by atoms with E-state index >= 15 is 0 Å². The zero-order chi connectivity index (χ0) is 22.6. The molecule has 32 heavy (non-hydrogen) atoms. The average Bonchev–Trinajstić information content (AvgIpc) is 3.72. The fourth-order valence-corrected chi connectivity index (χ4v) is 3.98. The lowest BCUT2D eigenvalue weighted by Gasteiger charge is -2.31. The second-order valence-electron chi connectivity index (χ2n) is 9.01. The SMILES string of the molecule is CN(C)C(=O)c1cccc(Nc2c(N(CC3CC3)C3C=C(C4CC4)ON3)c(=O)c2=O)c1O. The molecule has 1 heterocycles. The summed E-state index contributed by atoms with van der Waals surface area (Å²) in [5, 5.41) is 13.6. The standard InChI is InChI=1S/C23H26N4O5/c1-26(2)23(31)14-4-3-5-15(20(14)28)24-18-19(22(30)21(18)29)27(11-12-6-7-12)17-10-16(32-25-17)13-8-9-13/h3-5,10,12-13,17,24-25,28H,6-9,11H2,1-2H3. The topological polar surface area (TPSA) is 111 Å². The molecule has 0 aromatic heterocycles. The minimum Gasteiger partial charge on any atom is -0.505 e. The molecule has 168 valence electrons. The van der Waals surface area contributed by atoms with Crippen LogP contribution in [0.15, 0.2) is 39.6 Å². The number of nitrogens with one attached hydrogen (secondary N) is 2. The average molecular weight is 438 g/mol. The van der Waals surface area contributed by atoms with Gasteiger partial charge >= 0.3 is 0 Å². The second-order valence-corrected chi connectivity index (χ2v) is 9.01. The Morgan fingerprint density at radius 3 is 2.59 bits per heavy atom. The summed E-state index contributed by atoms with van der Waals surface area (Å²) >= 11 is 0. The first kappa shape index (κ1) is 20.6. The summed E-state index contributed by atoms with van der Waals surface area (Å²) in [5.41, 5.74) is 2.48. The van der Waals surface area contributed by atoms with E-state index in [0.717, 1.165) is 31.4 Å². The number of amides is 1. The Hall–Kier alpha value is -3.33. The summed E-state index contributed by atoms with van der Waals surface area (Å²) in [6.07, 6.45) is 5.99. The van der Waals surface area contributed by atoms with E-state index in [1.807, 2.05) is 11.0 Å². The predicted octanol–water partition coefficient (Wildman–Crippen LogP) is 1.80. The van der Waals surface area contributed by atoms with Gasteiger partial charge in [0.25, 0.3) is 16.8 Å². The van der Waals surface area contributed by atoms with Gasteiger partial charge in [0.15, 0.2) is 5.75 Å². The first-order valence-electron chi connectivity index (χ1n) is 10.9. The zero-order valence-corrected chi connectivity index (χ0v) is 18.1. The van der Waals surface area contributed by atoms with E-state index in [9.17, 15) is 19.5 Å². The van der Waals surface area contributed by atoms with E-state index in [1.54, 1.807) is 26.2 Å². The van der Waals surface area contributed by atoms with Gasteiger partial charge in [0.05, 0.1) is 11.3 Å². The van der Waals surface area contributed by atoms with E-state index in [0.29, 0.717) is 18.4 Å². The lowest BCUT2D eigenvalue weighted by atomic mass is 10.1. The minimum atomic E-state index is -0.644. The van der Waals surface area contributed by atoms with Gasteiger partial charge in [-0.1, -0.05) is 6.07 Å². The van der Waals surface area contributed by atoms with Gasteiger partial charge in [-0.15, -0.1) is 5.48 Å². The number of phenols is 1. The highest BCUT2D eigenvalue weighted by Crippen LogP contribution is 2.41. The van der Waals surface area contributed by atoms with Crippen molar-refractivity contribution >= 4 is 23.0 Å². The molecule has 3 aliphatic rings. The van der Waals surface area contributed by atoms with Gasteiger partial charge in [-0.3, -0.25) is 14.4 Å². The Morgan fingerprint density at radius 1 is 1.19 bits per heavy atom. The van der Waals surface area contributed by atoms with E-state index in [4.69, 9.17) is 4.84 Å². The molecule has 2 fully saturated rings. The number of carbonyl (C=O) groups is 1. The smallest absolute Gasteiger partial charge is 0.257 e. The minimum absolute atomic E-state index is 0.109. The molecule has 9 nitrogen and oxygen atoms in total. The maximum absolute atomic E-state index is 12.6. The van der Waals surface area contributed by atoms with Crippen molar-refractivity contribution in [3.63, 3.8) is 0 Å². The summed E-state index contributed by atoms with van der Waals surface area (Å²) < 4.78 is 0. The first-order valence-corrected chi connectivity index (χ1v) is 10.9. The third-order valence-electron chi connectivity index (χ3n) is 6.19. The Labute approximate surface area is 184 Å². The van der Waals surface area contributed by atoms with Crippen LogP contribution in [0.5, 0.6) is 5.75 Å². The van der Waals surface area contributed by atoms with Crippen LogP contribution < -0.4 is 26.6 Å². The molecule has 2 aliphatic carbocycles.